The highest BCUT2D eigenvalue weighted by molar-refractivity contribution is 14.1. The fourth-order valence-electron chi connectivity index (χ4n) is 5.49. The molecule has 0 bridgehead atoms. The molecule has 0 spiro atoms. The molecule has 4 aromatic carbocycles. The number of carbonyl (C=O) groups is 2. The third kappa shape index (κ3) is 7.75. The monoisotopic (exact) mass is 930 g/mol. The van der Waals surface area contributed by atoms with E-state index < -0.39 is 12.0 Å². The Labute approximate surface area is 324 Å². The van der Waals surface area contributed by atoms with E-state index in [2.05, 4.69) is 45.2 Å². The summed E-state index contributed by atoms with van der Waals surface area (Å²) in [7, 11) is 0. The lowest BCUT2D eigenvalue weighted by molar-refractivity contribution is -0.138. The average molecular weight is 931 g/mol. The molecule has 254 valence electrons. The summed E-state index contributed by atoms with van der Waals surface area (Å²) >= 11 is 12.0. The molecule has 8 nitrogen and oxygen atoms in total. The van der Waals surface area contributed by atoms with Gasteiger partial charge >= 0.3 is 11.9 Å². The second-order valence-corrected chi connectivity index (χ2v) is 14.8. The van der Waals surface area contributed by atoms with Gasteiger partial charge in [0.25, 0.3) is 5.56 Å². The maximum atomic E-state index is 14.4. The number of aromatic nitrogens is 1. The van der Waals surface area contributed by atoms with E-state index in [9.17, 15) is 14.4 Å². The van der Waals surface area contributed by atoms with Crippen LogP contribution in [0.3, 0.4) is 0 Å². The number of halogens is 3. The van der Waals surface area contributed by atoms with Gasteiger partial charge in [0.1, 0.15) is 12.4 Å². The molecule has 0 N–H and O–H groups in total. The standard InChI is InChI=1S/C38H29ClI2N2O6S/c1-3-47-36(45)25-12-10-22(11-13-25)21-49-34-26(18-28(40)20-29(34)41)19-30-35(44)43-33(24-14-16-27(39)17-15-24)31(37(46)48-4-2)32(42-38(43)50-30)23-8-6-5-7-9-23/h5-20,33H,3-4,21H2,1-2H3/b30-19-/t33-/m1/s1. The van der Waals surface area contributed by atoms with Crippen molar-refractivity contribution in [3.63, 3.8) is 0 Å². The number of nitrogens with zero attached hydrogens (tertiary/aromatic N) is 2. The Hall–Kier alpha value is -3.79. The molecule has 1 aromatic heterocycles. The smallest absolute Gasteiger partial charge is 0.338 e. The van der Waals surface area contributed by atoms with Crippen molar-refractivity contribution in [2.75, 3.05) is 13.2 Å². The minimum absolute atomic E-state index is 0.158. The number of hydrogen-bond acceptors (Lipinski definition) is 8. The van der Waals surface area contributed by atoms with Gasteiger partial charge in [0.15, 0.2) is 4.80 Å². The summed E-state index contributed by atoms with van der Waals surface area (Å²) < 4.78 is 20.8. The lowest BCUT2D eigenvalue weighted by Gasteiger charge is -2.26. The van der Waals surface area contributed by atoms with E-state index in [4.69, 9.17) is 30.8 Å². The number of carbonyl (C=O) groups excluding carboxylic acids is 2. The Morgan fingerprint density at radius 3 is 2.28 bits per heavy atom. The fourth-order valence-corrected chi connectivity index (χ4v) is 8.65. The van der Waals surface area contributed by atoms with Gasteiger partial charge < -0.3 is 14.2 Å². The van der Waals surface area contributed by atoms with Crippen molar-refractivity contribution in [2.24, 2.45) is 4.99 Å². The molecule has 6 rings (SSSR count). The Kier molecular flexibility index (Phi) is 11.6. The zero-order valence-corrected chi connectivity index (χ0v) is 32.7. The van der Waals surface area contributed by atoms with Crippen LogP contribution in [0, 0.1) is 7.14 Å². The second-order valence-electron chi connectivity index (χ2n) is 11.0. The molecule has 0 saturated carbocycles. The lowest BCUT2D eigenvalue weighted by atomic mass is 9.93. The summed E-state index contributed by atoms with van der Waals surface area (Å²) in [6.45, 7) is 4.21. The predicted octanol–water partition coefficient (Wildman–Crippen LogP) is 7.55. The van der Waals surface area contributed by atoms with Crippen molar-refractivity contribution < 1.29 is 23.8 Å². The van der Waals surface area contributed by atoms with E-state index in [1.54, 1.807) is 42.7 Å². The topological polar surface area (TPSA) is 96.2 Å². The van der Waals surface area contributed by atoms with Crippen molar-refractivity contribution in [1.29, 1.82) is 0 Å². The Morgan fingerprint density at radius 2 is 1.60 bits per heavy atom. The second kappa shape index (κ2) is 16.0. The Bertz CT molecular complexity index is 2290. The van der Waals surface area contributed by atoms with Crippen molar-refractivity contribution in [3.05, 3.63) is 156 Å². The lowest BCUT2D eigenvalue weighted by Crippen LogP contribution is -2.40. The number of ether oxygens (including phenoxy) is 3. The average Bonchev–Trinajstić information content (AvgIpc) is 3.42. The fraction of sp³-hybridized carbons (Fsp3) is 0.158. The van der Waals surface area contributed by atoms with Crippen LogP contribution in [0.1, 0.15) is 52.5 Å². The first-order valence-electron chi connectivity index (χ1n) is 15.6. The summed E-state index contributed by atoms with van der Waals surface area (Å²) in [4.78, 5) is 45.6. The highest BCUT2D eigenvalue weighted by Gasteiger charge is 2.35. The zero-order chi connectivity index (χ0) is 35.4. The summed E-state index contributed by atoms with van der Waals surface area (Å²) in [5.41, 5.74) is 3.86. The predicted molar refractivity (Wildman–Crippen MR) is 211 cm³/mol. The van der Waals surface area contributed by atoms with E-state index in [0.717, 1.165) is 18.3 Å². The third-order valence-corrected chi connectivity index (χ3v) is 10.4. The van der Waals surface area contributed by atoms with Gasteiger partial charge in [0, 0.05) is 19.7 Å². The number of hydrogen-bond donors (Lipinski definition) is 0. The zero-order valence-electron chi connectivity index (χ0n) is 26.8. The van der Waals surface area contributed by atoms with Gasteiger partial charge in [0.05, 0.1) is 44.2 Å². The van der Waals surface area contributed by atoms with Gasteiger partial charge in [-0.15, -0.1) is 0 Å². The van der Waals surface area contributed by atoms with E-state index >= 15 is 0 Å². The van der Waals surface area contributed by atoms with Crippen molar-refractivity contribution in [3.8, 4) is 5.75 Å². The molecule has 0 aliphatic carbocycles. The van der Waals surface area contributed by atoms with E-state index in [0.29, 0.717) is 49.1 Å². The molecule has 12 heteroatoms. The van der Waals surface area contributed by atoms with Crippen LogP contribution in [0.5, 0.6) is 5.75 Å². The van der Waals surface area contributed by atoms with Gasteiger partial charge in [0.2, 0.25) is 0 Å². The molecule has 1 atom stereocenters. The summed E-state index contributed by atoms with van der Waals surface area (Å²) in [6.07, 6.45) is 1.81. The number of benzene rings is 4. The molecule has 0 radical (unpaired) electrons. The van der Waals surface area contributed by atoms with Crippen molar-refractivity contribution in [1.82, 2.24) is 4.57 Å². The molecular weight excluding hydrogens is 902 g/mol. The summed E-state index contributed by atoms with van der Waals surface area (Å²) in [5, 5.41) is 0.530. The van der Waals surface area contributed by atoms with Crippen LogP contribution < -0.4 is 19.6 Å². The minimum Gasteiger partial charge on any atom is -0.487 e. The molecular formula is C38H29ClI2N2O6S. The van der Waals surface area contributed by atoms with Crippen LogP contribution in [-0.4, -0.2) is 29.7 Å². The van der Waals surface area contributed by atoms with E-state index in [-0.39, 0.29) is 30.3 Å². The van der Waals surface area contributed by atoms with Crippen LogP contribution in [0.2, 0.25) is 5.02 Å². The van der Waals surface area contributed by atoms with Gasteiger partial charge in [-0.05, 0) is 113 Å². The highest BCUT2D eigenvalue weighted by Crippen LogP contribution is 2.36. The first kappa shape index (κ1) is 36.0. The van der Waals surface area contributed by atoms with Crippen molar-refractivity contribution >= 4 is 91.8 Å². The van der Waals surface area contributed by atoms with E-state index in [1.165, 1.54) is 11.3 Å². The molecule has 2 heterocycles. The molecule has 0 amide bonds. The van der Waals surface area contributed by atoms with Crippen LogP contribution >= 0.6 is 68.1 Å². The van der Waals surface area contributed by atoms with Crippen LogP contribution in [0.4, 0.5) is 0 Å². The normalized spacial score (nSPS) is 14.2. The molecule has 50 heavy (non-hydrogen) atoms. The molecule has 5 aromatic rings. The molecule has 0 unspecified atom stereocenters. The highest BCUT2D eigenvalue weighted by atomic mass is 127. The maximum Gasteiger partial charge on any atom is 0.338 e. The Balaban J connectivity index is 1.48. The first-order chi connectivity index (χ1) is 24.2. The Morgan fingerprint density at radius 1 is 0.920 bits per heavy atom. The summed E-state index contributed by atoms with van der Waals surface area (Å²) in [6, 6.07) is 26.7. The maximum absolute atomic E-state index is 14.4. The molecule has 0 saturated heterocycles. The van der Waals surface area contributed by atoms with E-state index in [1.807, 2.05) is 72.8 Å². The molecule has 1 aliphatic rings. The van der Waals surface area contributed by atoms with Gasteiger partial charge in [-0.2, -0.15) is 0 Å². The quantitative estimate of drug-likeness (QED) is 0.106. The van der Waals surface area contributed by atoms with Gasteiger partial charge in [-0.25, -0.2) is 14.6 Å². The minimum atomic E-state index is -0.815. The van der Waals surface area contributed by atoms with Crippen LogP contribution in [-0.2, 0) is 20.9 Å². The van der Waals surface area contributed by atoms with Gasteiger partial charge in [-0.1, -0.05) is 77.5 Å². The van der Waals surface area contributed by atoms with Crippen LogP contribution in [0.25, 0.3) is 11.8 Å². The molecule has 1 aliphatic heterocycles. The number of thiazole rings is 1. The number of fused-ring (bicyclic) bond motifs is 1. The number of rotatable bonds is 10. The first-order valence-corrected chi connectivity index (χ1v) is 19.0. The largest absolute Gasteiger partial charge is 0.487 e. The molecule has 0 fully saturated rings. The SMILES string of the molecule is CCOC(=O)C1=C(c2ccccc2)N=c2s/c(=C\c3cc(I)cc(I)c3OCc3ccc(C(=O)OCC)cc3)c(=O)n2[C@@H]1c1ccc(Cl)cc1. The number of esters is 2. The summed E-state index contributed by atoms with van der Waals surface area (Å²) in [5.74, 6) is -0.320. The van der Waals surface area contributed by atoms with Crippen molar-refractivity contribution in [2.45, 2.75) is 26.5 Å². The van der Waals surface area contributed by atoms with Crippen LogP contribution in [0.15, 0.2) is 106 Å². The van der Waals surface area contributed by atoms with Gasteiger partial charge in [-0.3, -0.25) is 9.36 Å². The third-order valence-electron chi connectivity index (χ3n) is 7.73.